The Morgan fingerprint density at radius 2 is 2.00 bits per heavy atom. The highest BCUT2D eigenvalue weighted by atomic mass is 35.5. The first-order valence-corrected chi connectivity index (χ1v) is 7.31. The molecule has 1 aromatic rings. The van der Waals surface area contributed by atoms with Crippen LogP contribution in [0.5, 0.6) is 0 Å². The molecule has 0 aromatic heterocycles. The number of nitrogens with one attached hydrogen (secondary N) is 1. The summed E-state index contributed by atoms with van der Waals surface area (Å²) in [6.07, 6.45) is 5.08. The average molecular weight is 304 g/mol. The molecule has 0 radical (unpaired) electrons. The van der Waals surface area contributed by atoms with E-state index in [1.807, 2.05) is 0 Å². The SMILES string of the molecule is O=C(NC1(CCl)CCCCC1)c1ccc(F)c(Cl)c1. The molecule has 1 fully saturated rings. The normalized spacial score (nSPS) is 18.1. The van der Waals surface area contributed by atoms with Crippen molar-refractivity contribution in [2.75, 3.05) is 5.88 Å². The molecule has 104 valence electrons. The molecule has 0 spiro atoms. The fraction of sp³-hybridized carbons (Fsp3) is 0.500. The molecule has 0 bridgehead atoms. The molecule has 1 amide bonds. The van der Waals surface area contributed by atoms with Crippen LogP contribution in [0, 0.1) is 5.82 Å². The molecule has 1 N–H and O–H groups in total. The standard InChI is InChI=1S/C14H16Cl2FNO/c15-9-14(6-2-1-3-7-14)18-13(19)10-4-5-12(17)11(16)8-10/h4-5,8H,1-3,6-7,9H2,(H,18,19). The van der Waals surface area contributed by atoms with Gasteiger partial charge in [-0.1, -0.05) is 30.9 Å². The van der Waals surface area contributed by atoms with E-state index in [2.05, 4.69) is 5.32 Å². The number of benzene rings is 1. The Morgan fingerprint density at radius 1 is 1.32 bits per heavy atom. The van der Waals surface area contributed by atoms with Gasteiger partial charge in [-0.05, 0) is 31.0 Å². The second-order valence-electron chi connectivity index (χ2n) is 5.06. The summed E-state index contributed by atoms with van der Waals surface area (Å²) >= 11 is 11.7. The van der Waals surface area contributed by atoms with Crippen LogP contribution < -0.4 is 5.32 Å². The first kappa shape index (κ1) is 14.6. The summed E-state index contributed by atoms with van der Waals surface area (Å²) in [7, 11) is 0. The molecule has 0 heterocycles. The predicted octanol–water partition coefficient (Wildman–Crippen LogP) is 4.15. The largest absolute Gasteiger partial charge is 0.345 e. The molecule has 0 saturated heterocycles. The topological polar surface area (TPSA) is 29.1 Å². The van der Waals surface area contributed by atoms with E-state index in [-0.39, 0.29) is 16.5 Å². The zero-order valence-electron chi connectivity index (χ0n) is 10.5. The van der Waals surface area contributed by atoms with Crippen molar-refractivity contribution in [3.8, 4) is 0 Å². The Balaban J connectivity index is 2.12. The molecule has 19 heavy (non-hydrogen) atoms. The van der Waals surface area contributed by atoms with Gasteiger partial charge >= 0.3 is 0 Å². The second-order valence-corrected chi connectivity index (χ2v) is 5.73. The van der Waals surface area contributed by atoms with E-state index in [0.29, 0.717) is 11.4 Å². The zero-order chi connectivity index (χ0) is 13.9. The minimum Gasteiger partial charge on any atom is -0.345 e. The molecule has 0 aliphatic heterocycles. The number of amides is 1. The molecule has 2 nitrogen and oxygen atoms in total. The minimum absolute atomic E-state index is 0.0452. The quantitative estimate of drug-likeness (QED) is 0.835. The van der Waals surface area contributed by atoms with Crippen LogP contribution in [-0.4, -0.2) is 17.3 Å². The smallest absolute Gasteiger partial charge is 0.251 e. The lowest BCUT2D eigenvalue weighted by molar-refractivity contribution is 0.0885. The molecule has 0 atom stereocenters. The van der Waals surface area contributed by atoms with Crippen molar-refractivity contribution in [1.29, 1.82) is 0 Å². The maximum Gasteiger partial charge on any atom is 0.251 e. The number of carbonyl (C=O) groups excluding carboxylic acids is 1. The highest BCUT2D eigenvalue weighted by Gasteiger charge is 2.33. The van der Waals surface area contributed by atoms with E-state index in [0.717, 1.165) is 25.7 Å². The molecule has 1 aliphatic rings. The Morgan fingerprint density at radius 3 is 2.58 bits per heavy atom. The molecule has 2 rings (SSSR count). The Hall–Kier alpha value is -0.800. The summed E-state index contributed by atoms with van der Waals surface area (Å²) in [5, 5.41) is 2.95. The fourth-order valence-corrected chi connectivity index (χ4v) is 2.99. The van der Waals surface area contributed by atoms with Crippen molar-refractivity contribution >= 4 is 29.1 Å². The van der Waals surface area contributed by atoms with Crippen LogP contribution in [0.4, 0.5) is 4.39 Å². The van der Waals surface area contributed by atoms with Gasteiger partial charge in [-0.3, -0.25) is 4.79 Å². The summed E-state index contributed by atoms with van der Waals surface area (Å²) < 4.78 is 13.1. The predicted molar refractivity (Wildman–Crippen MR) is 75.4 cm³/mol. The first-order chi connectivity index (χ1) is 9.06. The van der Waals surface area contributed by atoms with Crippen LogP contribution in [0.2, 0.25) is 5.02 Å². The molecule has 1 saturated carbocycles. The van der Waals surface area contributed by atoms with E-state index in [1.165, 1.54) is 24.6 Å². The minimum atomic E-state index is -0.525. The Labute approximate surface area is 122 Å². The van der Waals surface area contributed by atoms with Crippen LogP contribution in [0.15, 0.2) is 18.2 Å². The van der Waals surface area contributed by atoms with Gasteiger partial charge in [0.05, 0.1) is 10.6 Å². The number of hydrogen-bond donors (Lipinski definition) is 1. The summed E-state index contributed by atoms with van der Waals surface area (Å²) in [6.45, 7) is 0. The van der Waals surface area contributed by atoms with Crippen molar-refractivity contribution in [3.05, 3.63) is 34.6 Å². The molecule has 1 aliphatic carbocycles. The summed E-state index contributed by atoms with van der Waals surface area (Å²) in [4.78, 5) is 12.2. The van der Waals surface area contributed by atoms with Crippen LogP contribution in [0.1, 0.15) is 42.5 Å². The van der Waals surface area contributed by atoms with Gasteiger partial charge in [-0.15, -0.1) is 11.6 Å². The van der Waals surface area contributed by atoms with Gasteiger partial charge in [0, 0.05) is 11.4 Å². The van der Waals surface area contributed by atoms with Crippen molar-refractivity contribution in [2.24, 2.45) is 0 Å². The van der Waals surface area contributed by atoms with Crippen molar-refractivity contribution in [2.45, 2.75) is 37.6 Å². The Kier molecular flexibility index (Phi) is 4.69. The van der Waals surface area contributed by atoms with E-state index in [4.69, 9.17) is 23.2 Å². The van der Waals surface area contributed by atoms with Gasteiger partial charge in [-0.25, -0.2) is 4.39 Å². The third-order valence-corrected chi connectivity index (χ3v) is 4.43. The molecule has 0 unspecified atom stereocenters. The third kappa shape index (κ3) is 3.40. The first-order valence-electron chi connectivity index (χ1n) is 6.40. The Bertz CT molecular complexity index is 473. The van der Waals surface area contributed by atoms with Gasteiger partial charge in [0.2, 0.25) is 0 Å². The average Bonchev–Trinajstić information content (AvgIpc) is 2.43. The monoisotopic (exact) mass is 303 g/mol. The van der Waals surface area contributed by atoms with Crippen molar-refractivity contribution in [3.63, 3.8) is 0 Å². The van der Waals surface area contributed by atoms with Gasteiger partial charge < -0.3 is 5.32 Å². The highest BCUT2D eigenvalue weighted by Crippen LogP contribution is 2.29. The van der Waals surface area contributed by atoms with Gasteiger partial charge in [0.15, 0.2) is 0 Å². The summed E-state index contributed by atoms with van der Waals surface area (Å²) in [6, 6.07) is 3.98. The number of halogens is 3. The van der Waals surface area contributed by atoms with Gasteiger partial charge in [-0.2, -0.15) is 0 Å². The van der Waals surface area contributed by atoms with Crippen LogP contribution in [-0.2, 0) is 0 Å². The fourth-order valence-electron chi connectivity index (χ4n) is 2.47. The molecule has 1 aromatic carbocycles. The van der Waals surface area contributed by atoms with E-state index >= 15 is 0 Å². The van der Waals surface area contributed by atoms with Gasteiger partial charge in [0.25, 0.3) is 5.91 Å². The number of hydrogen-bond acceptors (Lipinski definition) is 1. The third-order valence-electron chi connectivity index (χ3n) is 3.63. The van der Waals surface area contributed by atoms with E-state index < -0.39 is 5.82 Å². The highest BCUT2D eigenvalue weighted by molar-refractivity contribution is 6.31. The lowest BCUT2D eigenvalue weighted by Crippen LogP contribution is -2.51. The van der Waals surface area contributed by atoms with Crippen LogP contribution >= 0.6 is 23.2 Å². The summed E-state index contributed by atoms with van der Waals surface area (Å²) in [5.41, 5.74) is 0.0269. The molecule has 5 heteroatoms. The number of carbonyl (C=O) groups is 1. The zero-order valence-corrected chi connectivity index (χ0v) is 12.0. The molecular formula is C14H16Cl2FNO. The van der Waals surface area contributed by atoms with E-state index in [9.17, 15) is 9.18 Å². The lowest BCUT2D eigenvalue weighted by atomic mass is 9.83. The van der Waals surface area contributed by atoms with Crippen molar-refractivity contribution in [1.82, 2.24) is 5.32 Å². The van der Waals surface area contributed by atoms with Gasteiger partial charge in [0.1, 0.15) is 5.82 Å². The molecular weight excluding hydrogens is 288 g/mol. The maximum atomic E-state index is 13.1. The summed E-state index contributed by atoms with van der Waals surface area (Å²) in [5.74, 6) is -0.374. The lowest BCUT2D eigenvalue weighted by Gasteiger charge is -2.36. The van der Waals surface area contributed by atoms with Crippen LogP contribution in [0.3, 0.4) is 0 Å². The maximum absolute atomic E-state index is 13.1. The van der Waals surface area contributed by atoms with E-state index in [1.54, 1.807) is 0 Å². The number of alkyl halides is 1. The second kappa shape index (κ2) is 6.10. The number of rotatable bonds is 3. The van der Waals surface area contributed by atoms with Crippen LogP contribution in [0.25, 0.3) is 0 Å². The van der Waals surface area contributed by atoms with Crippen molar-refractivity contribution < 1.29 is 9.18 Å².